The predicted octanol–water partition coefficient (Wildman–Crippen LogP) is 5.75. The van der Waals surface area contributed by atoms with Crippen molar-refractivity contribution < 1.29 is 4.74 Å². The molecular formula is C22H22N2O. The highest BCUT2D eigenvalue weighted by Gasteiger charge is 2.12. The lowest BCUT2D eigenvalue weighted by molar-refractivity contribution is 0.254. The average Bonchev–Trinajstić information content (AvgIpc) is 2.65. The van der Waals surface area contributed by atoms with E-state index in [-0.39, 0.29) is 0 Å². The number of para-hydroxylation sites is 2. The van der Waals surface area contributed by atoms with Gasteiger partial charge in [-0.15, -0.1) is 0 Å². The summed E-state index contributed by atoms with van der Waals surface area (Å²) in [5.41, 5.74) is 3.65. The van der Waals surface area contributed by atoms with Crippen LogP contribution in [0.4, 0.5) is 0 Å². The average molecular weight is 330 g/mol. The molecule has 1 aromatic heterocycles. The minimum atomic E-state index is 0.544. The number of rotatable bonds is 5. The third-order valence-electron chi connectivity index (χ3n) is 4.62. The molecule has 0 saturated carbocycles. The van der Waals surface area contributed by atoms with Gasteiger partial charge in [0, 0.05) is 16.8 Å². The molecule has 4 aromatic rings. The number of aromatic nitrogens is 2. The van der Waals surface area contributed by atoms with Crippen molar-refractivity contribution >= 4 is 32.8 Å². The first-order valence-corrected chi connectivity index (χ1v) is 8.97. The maximum atomic E-state index is 6.19. The fourth-order valence-electron chi connectivity index (χ4n) is 3.35. The van der Waals surface area contributed by atoms with Gasteiger partial charge in [0.25, 0.3) is 0 Å². The molecule has 3 aromatic carbocycles. The number of nitrogens with zero attached hydrogens (tertiary/aromatic N) is 2. The standard InChI is InChI=1S/C22H22N2O/c1-3-8-15(2)14-25-21-13-20-22(17-10-5-4-9-16(17)21)24-19-12-7-6-11-18(19)23-20/h4-7,9-13,15H,3,8,14H2,1-2H3. The molecule has 1 unspecified atom stereocenters. The largest absolute Gasteiger partial charge is 0.493 e. The Hall–Kier alpha value is -2.68. The second kappa shape index (κ2) is 6.67. The van der Waals surface area contributed by atoms with E-state index in [2.05, 4.69) is 26.0 Å². The zero-order valence-electron chi connectivity index (χ0n) is 14.7. The first kappa shape index (κ1) is 15.8. The van der Waals surface area contributed by atoms with Gasteiger partial charge in [-0.1, -0.05) is 56.7 Å². The molecule has 3 heteroatoms. The summed E-state index contributed by atoms with van der Waals surface area (Å²) >= 11 is 0. The van der Waals surface area contributed by atoms with Crippen LogP contribution >= 0.6 is 0 Å². The summed E-state index contributed by atoms with van der Waals surface area (Å²) in [4.78, 5) is 9.66. The fraction of sp³-hybridized carbons (Fsp3) is 0.273. The van der Waals surface area contributed by atoms with Gasteiger partial charge in [0.05, 0.1) is 28.7 Å². The van der Waals surface area contributed by atoms with Gasteiger partial charge in [-0.2, -0.15) is 0 Å². The van der Waals surface area contributed by atoms with Gasteiger partial charge >= 0.3 is 0 Å². The first-order chi connectivity index (χ1) is 12.3. The Bertz CT molecular complexity index is 1040. The minimum absolute atomic E-state index is 0.544. The molecule has 25 heavy (non-hydrogen) atoms. The van der Waals surface area contributed by atoms with Gasteiger partial charge in [0.1, 0.15) is 5.75 Å². The summed E-state index contributed by atoms with van der Waals surface area (Å²) in [7, 11) is 0. The summed E-state index contributed by atoms with van der Waals surface area (Å²) in [5, 5.41) is 2.19. The van der Waals surface area contributed by atoms with Gasteiger partial charge in [-0.25, -0.2) is 9.97 Å². The summed E-state index contributed by atoms with van der Waals surface area (Å²) in [6.07, 6.45) is 2.36. The van der Waals surface area contributed by atoms with E-state index < -0.39 is 0 Å². The van der Waals surface area contributed by atoms with Gasteiger partial charge in [0.2, 0.25) is 0 Å². The highest BCUT2D eigenvalue weighted by molar-refractivity contribution is 6.08. The number of hydrogen-bond donors (Lipinski definition) is 0. The Morgan fingerprint density at radius 1 is 0.880 bits per heavy atom. The first-order valence-electron chi connectivity index (χ1n) is 8.97. The van der Waals surface area contributed by atoms with Crippen molar-refractivity contribution in [3.63, 3.8) is 0 Å². The Morgan fingerprint density at radius 2 is 1.56 bits per heavy atom. The lowest BCUT2D eigenvalue weighted by Crippen LogP contribution is -2.08. The van der Waals surface area contributed by atoms with Crippen LogP contribution < -0.4 is 4.74 Å². The number of ether oxygens (including phenoxy) is 1. The van der Waals surface area contributed by atoms with Gasteiger partial charge in [0.15, 0.2) is 0 Å². The van der Waals surface area contributed by atoms with Gasteiger partial charge in [-0.05, 0) is 24.5 Å². The molecule has 0 amide bonds. The normalized spacial score (nSPS) is 12.7. The van der Waals surface area contributed by atoms with Crippen molar-refractivity contribution in [1.29, 1.82) is 0 Å². The van der Waals surface area contributed by atoms with Crippen molar-refractivity contribution in [2.45, 2.75) is 26.7 Å². The molecule has 0 aliphatic heterocycles. The highest BCUT2D eigenvalue weighted by atomic mass is 16.5. The van der Waals surface area contributed by atoms with E-state index in [4.69, 9.17) is 14.7 Å². The van der Waals surface area contributed by atoms with E-state index in [1.165, 1.54) is 12.8 Å². The summed E-state index contributed by atoms with van der Waals surface area (Å²) in [6, 6.07) is 18.3. The number of hydrogen-bond acceptors (Lipinski definition) is 3. The van der Waals surface area contributed by atoms with Crippen LogP contribution in [0, 0.1) is 5.92 Å². The lowest BCUT2D eigenvalue weighted by Gasteiger charge is -2.15. The zero-order chi connectivity index (χ0) is 17.2. The van der Waals surface area contributed by atoms with E-state index in [1.54, 1.807) is 0 Å². The van der Waals surface area contributed by atoms with Crippen LogP contribution in [0.15, 0.2) is 54.6 Å². The Balaban J connectivity index is 1.88. The van der Waals surface area contributed by atoms with E-state index in [0.29, 0.717) is 5.92 Å². The number of benzene rings is 3. The van der Waals surface area contributed by atoms with Gasteiger partial charge in [-0.3, -0.25) is 0 Å². The van der Waals surface area contributed by atoms with Crippen LogP contribution in [0.1, 0.15) is 26.7 Å². The minimum Gasteiger partial charge on any atom is -0.493 e. The van der Waals surface area contributed by atoms with Crippen molar-refractivity contribution in [1.82, 2.24) is 9.97 Å². The molecule has 1 heterocycles. The highest BCUT2D eigenvalue weighted by Crippen LogP contribution is 2.33. The van der Waals surface area contributed by atoms with E-state index >= 15 is 0 Å². The van der Waals surface area contributed by atoms with E-state index in [0.717, 1.165) is 45.2 Å². The molecule has 0 spiro atoms. The molecular weight excluding hydrogens is 308 g/mol. The van der Waals surface area contributed by atoms with E-state index in [9.17, 15) is 0 Å². The van der Waals surface area contributed by atoms with Crippen LogP contribution in [-0.4, -0.2) is 16.6 Å². The Labute approximate surface area is 147 Å². The summed E-state index contributed by atoms with van der Waals surface area (Å²) < 4.78 is 6.19. The van der Waals surface area contributed by atoms with Gasteiger partial charge < -0.3 is 4.74 Å². The van der Waals surface area contributed by atoms with Crippen molar-refractivity contribution in [2.75, 3.05) is 6.61 Å². The monoisotopic (exact) mass is 330 g/mol. The molecule has 0 bridgehead atoms. The van der Waals surface area contributed by atoms with Crippen LogP contribution in [0.25, 0.3) is 32.8 Å². The maximum absolute atomic E-state index is 6.19. The van der Waals surface area contributed by atoms with Crippen LogP contribution in [0.2, 0.25) is 0 Å². The second-order valence-electron chi connectivity index (χ2n) is 6.71. The molecule has 0 saturated heterocycles. The third kappa shape index (κ3) is 3.02. The second-order valence-corrected chi connectivity index (χ2v) is 6.71. The van der Waals surface area contributed by atoms with Crippen LogP contribution in [0.3, 0.4) is 0 Å². The van der Waals surface area contributed by atoms with Crippen LogP contribution in [0.5, 0.6) is 5.75 Å². The Kier molecular flexibility index (Phi) is 4.22. The molecule has 0 aliphatic carbocycles. The summed E-state index contributed by atoms with van der Waals surface area (Å²) in [6.45, 7) is 5.17. The van der Waals surface area contributed by atoms with Crippen molar-refractivity contribution in [3.05, 3.63) is 54.6 Å². The smallest absolute Gasteiger partial charge is 0.129 e. The molecule has 1 atom stereocenters. The molecule has 0 fully saturated rings. The predicted molar refractivity (Wildman–Crippen MR) is 104 cm³/mol. The number of fused-ring (bicyclic) bond motifs is 4. The lowest BCUT2D eigenvalue weighted by atomic mass is 10.1. The quantitative estimate of drug-likeness (QED) is 0.345. The Morgan fingerprint density at radius 3 is 2.32 bits per heavy atom. The molecule has 0 radical (unpaired) electrons. The summed E-state index contributed by atoms with van der Waals surface area (Å²) in [5.74, 6) is 1.44. The molecule has 4 rings (SSSR count). The maximum Gasteiger partial charge on any atom is 0.129 e. The SMILES string of the molecule is CCCC(C)COc1cc2nc3ccccc3nc2c2ccccc12. The third-order valence-corrected chi connectivity index (χ3v) is 4.62. The fourth-order valence-corrected chi connectivity index (χ4v) is 3.35. The molecule has 0 N–H and O–H groups in total. The topological polar surface area (TPSA) is 35.0 Å². The van der Waals surface area contributed by atoms with Crippen LogP contribution in [-0.2, 0) is 0 Å². The van der Waals surface area contributed by atoms with Crippen molar-refractivity contribution in [2.24, 2.45) is 5.92 Å². The molecule has 3 nitrogen and oxygen atoms in total. The van der Waals surface area contributed by atoms with E-state index in [1.807, 2.05) is 42.5 Å². The molecule has 0 aliphatic rings. The van der Waals surface area contributed by atoms with Crippen molar-refractivity contribution in [3.8, 4) is 5.75 Å². The zero-order valence-corrected chi connectivity index (χ0v) is 14.7. The molecule has 126 valence electrons.